The van der Waals surface area contributed by atoms with Gasteiger partial charge in [0, 0.05) is 31.5 Å². The normalized spacial score (nSPS) is 17.5. The Morgan fingerprint density at radius 1 is 1.10 bits per heavy atom. The Morgan fingerprint density at radius 2 is 1.90 bits per heavy atom. The maximum Gasteiger partial charge on any atom is 0.405 e. The van der Waals surface area contributed by atoms with Crippen molar-refractivity contribution in [1.82, 2.24) is 19.8 Å². The SMILES string of the molecule is C=C(N1CCOc2ccc(-c3ccc4[nH]c(NCC(F)(F)F)nc4c3)cc2C1)N1CCC(=O)CC1c1cccc(F)c1. The Kier molecular flexibility index (Phi) is 7.26. The Morgan fingerprint density at radius 3 is 2.71 bits per heavy atom. The van der Waals surface area contributed by atoms with Crippen LogP contribution in [0.3, 0.4) is 0 Å². The summed E-state index contributed by atoms with van der Waals surface area (Å²) in [5.41, 5.74) is 4.60. The van der Waals surface area contributed by atoms with Gasteiger partial charge in [0.25, 0.3) is 0 Å². The fraction of sp³-hybridized carbons (Fsp3) is 0.290. The fourth-order valence-corrected chi connectivity index (χ4v) is 5.58. The van der Waals surface area contributed by atoms with E-state index >= 15 is 0 Å². The summed E-state index contributed by atoms with van der Waals surface area (Å²) in [6.07, 6.45) is -3.66. The highest BCUT2D eigenvalue weighted by atomic mass is 19.4. The lowest BCUT2D eigenvalue weighted by Crippen LogP contribution is -2.42. The zero-order chi connectivity index (χ0) is 29.4. The van der Waals surface area contributed by atoms with Gasteiger partial charge in [0.15, 0.2) is 0 Å². The van der Waals surface area contributed by atoms with Crippen molar-refractivity contribution in [2.45, 2.75) is 31.6 Å². The second kappa shape index (κ2) is 11.0. The average Bonchev–Trinajstić information content (AvgIpc) is 3.25. The molecule has 0 spiro atoms. The number of aromatic nitrogens is 2. The highest BCUT2D eigenvalue weighted by molar-refractivity contribution is 5.84. The number of ketones is 1. The summed E-state index contributed by atoms with van der Waals surface area (Å²) >= 11 is 0. The van der Waals surface area contributed by atoms with E-state index < -0.39 is 12.7 Å². The molecule has 0 radical (unpaired) electrons. The highest BCUT2D eigenvalue weighted by Gasteiger charge is 2.32. The lowest BCUT2D eigenvalue weighted by atomic mass is 9.94. The van der Waals surface area contributed by atoms with Crippen molar-refractivity contribution in [3.63, 3.8) is 0 Å². The monoisotopic (exact) mass is 579 g/mol. The molecule has 0 aliphatic carbocycles. The van der Waals surface area contributed by atoms with Crippen LogP contribution >= 0.6 is 0 Å². The Labute approximate surface area is 239 Å². The number of carbonyl (C=O) groups excluding carboxylic acids is 1. The van der Waals surface area contributed by atoms with Crippen molar-refractivity contribution in [3.8, 4) is 16.9 Å². The van der Waals surface area contributed by atoms with Gasteiger partial charge in [-0.3, -0.25) is 4.79 Å². The minimum absolute atomic E-state index is 0.0555. The van der Waals surface area contributed by atoms with Gasteiger partial charge in [0.2, 0.25) is 5.95 Å². The van der Waals surface area contributed by atoms with Crippen molar-refractivity contribution in [2.24, 2.45) is 0 Å². The standard InChI is InChI=1S/C31H29F4N5O2/c1-19(40-10-9-25(41)16-28(40)22-3-2-4-24(32)14-22)39-11-12-42-29-8-6-20(13-23(29)17-39)21-5-7-26-27(15-21)38-30(37-26)36-18-31(33,34)35/h2-8,13-15,28H,1,9-12,16-18H2,(H2,36,37,38). The third-order valence-corrected chi connectivity index (χ3v) is 7.67. The molecule has 6 rings (SSSR count). The third kappa shape index (κ3) is 5.90. The first kappa shape index (κ1) is 27.6. The Hall–Kier alpha value is -4.54. The second-order valence-electron chi connectivity index (χ2n) is 10.6. The van der Waals surface area contributed by atoms with Gasteiger partial charge < -0.3 is 24.8 Å². The van der Waals surface area contributed by atoms with E-state index in [0.29, 0.717) is 43.7 Å². The summed E-state index contributed by atoms with van der Waals surface area (Å²) in [6.45, 7) is 5.24. The van der Waals surface area contributed by atoms with E-state index in [0.717, 1.165) is 33.8 Å². The zero-order valence-corrected chi connectivity index (χ0v) is 22.7. The van der Waals surface area contributed by atoms with Crippen LogP contribution in [0.2, 0.25) is 0 Å². The number of piperidine rings is 1. The number of anilines is 1. The predicted octanol–water partition coefficient (Wildman–Crippen LogP) is 6.42. The first-order valence-electron chi connectivity index (χ1n) is 13.7. The average molecular weight is 580 g/mol. The molecule has 1 saturated heterocycles. The number of alkyl halides is 3. The van der Waals surface area contributed by atoms with Crippen LogP contribution in [0.25, 0.3) is 22.2 Å². The van der Waals surface area contributed by atoms with Crippen molar-refractivity contribution in [1.29, 1.82) is 0 Å². The van der Waals surface area contributed by atoms with Gasteiger partial charge in [-0.05, 0) is 53.1 Å². The third-order valence-electron chi connectivity index (χ3n) is 7.67. The summed E-state index contributed by atoms with van der Waals surface area (Å²) in [7, 11) is 0. The van der Waals surface area contributed by atoms with E-state index in [1.807, 2.05) is 36.4 Å². The number of fused-ring (bicyclic) bond motifs is 2. The van der Waals surface area contributed by atoms with E-state index in [4.69, 9.17) is 4.74 Å². The summed E-state index contributed by atoms with van der Waals surface area (Å²) in [5, 5.41) is 2.28. The van der Waals surface area contributed by atoms with E-state index in [2.05, 4.69) is 31.7 Å². The summed E-state index contributed by atoms with van der Waals surface area (Å²) in [6, 6.07) is 17.4. The van der Waals surface area contributed by atoms with E-state index in [1.54, 1.807) is 12.1 Å². The molecule has 2 aliphatic heterocycles. The number of rotatable bonds is 6. The van der Waals surface area contributed by atoms with E-state index in [9.17, 15) is 22.4 Å². The van der Waals surface area contributed by atoms with Crippen molar-refractivity contribution >= 4 is 22.8 Å². The molecule has 0 saturated carbocycles. The molecule has 11 heteroatoms. The van der Waals surface area contributed by atoms with Gasteiger partial charge in [0.05, 0.1) is 29.4 Å². The molecule has 7 nitrogen and oxygen atoms in total. The van der Waals surface area contributed by atoms with Gasteiger partial charge in [-0.1, -0.05) is 30.8 Å². The molecular weight excluding hydrogens is 550 g/mol. The van der Waals surface area contributed by atoms with Gasteiger partial charge in [-0.15, -0.1) is 0 Å². The second-order valence-corrected chi connectivity index (χ2v) is 10.6. The smallest absolute Gasteiger partial charge is 0.405 e. The topological polar surface area (TPSA) is 73.5 Å². The molecule has 42 heavy (non-hydrogen) atoms. The summed E-state index contributed by atoms with van der Waals surface area (Å²) in [4.78, 5) is 23.7. The van der Waals surface area contributed by atoms with Crippen LogP contribution in [0.5, 0.6) is 5.75 Å². The number of hydrogen-bond donors (Lipinski definition) is 2. The molecule has 3 aromatic carbocycles. The fourth-order valence-electron chi connectivity index (χ4n) is 5.58. The van der Waals surface area contributed by atoms with Crippen LogP contribution in [0.4, 0.5) is 23.5 Å². The largest absolute Gasteiger partial charge is 0.491 e. The van der Waals surface area contributed by atoms with Crippen LogP contribution < -0.4 is 10.1 Å². The molecule has 3 heterocycles. The molecule has 1 aromatic heterocycles. The number of likely N-dealkylation sites (tertiary alicyclic amines) is 1. The number of ether oxygens (including phenoxy) is 1. The number of hydrogen-bond acceptors (Lipinski definition) is 6. The zero-order valence-electron chi connectivity index (χ0n) is 22.7. The van der Waals surface area contributed by atoms with Crippen LogP contribution in [0.1, 0.15) is 30.0 Å². The lowest BCUT2D eigenvalue weighted by molar-refractivity contribution is -0.123. The first-order valence-corrected chi connectivity index (χ1v) is 13.7. The number of H-pyrrole nitrogens is 1. The van der Waals surface area contributed by atoms with E-state index in [-0.39, 0.29) is 30.0 Å². The molecule has 1 atom stereocenters. The quantitative estimate of drug-likeness (QED) is 0.257. The van der Waals surface area contributed by atoms with Gasteiger partial charge in [0.1, 0.15) is 30.5 Å². The van der Waals surface area contributed by atoms with Crippen molar-refractivity contribution in [2.75, 3.05) is 31.6 Å². The minimum Gasteiger partial charge on any atom is -0.491 e. The van der Waals surface area contributed by atoms with E-state index in [1.165, 1.54) is 12.1 Å². The van der Waals surface area contributed by atoms with Gasteiger partial charge in [-0.2, -0.15) is 13.2 Å². The number of imidazole rings is 1. The minimum atomic E-state index is -4.35. The predicted molar refractivity (Wildman–Crippen MR) is 151 cm³/mol. The molecule has 1 unspecified atom stereocenters. The molecule has 4 aromatic rings. The van der Waals surface area contributed by atoms with Crippen molar-refractivity contribution < 1.29 is 27.1 Å². The van der Waals surface area contributed by atoms with Crippen LogP contribution in [-0.4, -0.2) is 58.0 Å². The molecule has 0 bridgehead atoms. The molecular formula is C31H29F4N5O2. The number of nitrogens with one attached hydrogen (secondary N) is 2. The van der Waals surface area contributed by atoms with Gasteiger partial charge in [-0.25, -0.2) is 9.37 Å². The summed E-state index contributed by atoms with van der Waals surface area (Å²) < 4.78 is 57.9. The van der Waals surface area contributed by atoms with Crippen LogP contribution in [-0.2, 0) is 11.3 Å². The van der Waals surface area contributed by atoms with Crippen LogP contribution in [0.15, 0.2) is 73.1 Å². The maximum atomic E-state index is 14.1. The number of Topliss-reactive ketones (excluding diaryl/α,β-unsaturated/α-hetero) is 1. The first-order chi connectivity index (χ1) is 20.1. The molecule has 0 amide bonds. The number of aromatic amines is 1. The number of nitrogens with zero attached hydrogens (tertiary/aromatic N) is 3. The molecule has 2 aliphatic rings. The molecule has 1 fully saturated rings. The Bertz CT molecular complexity index is 1650. The Balaban J connectivity index is 1.24. The molecule has 2 N–H and O–H groups in total. The molecule has 218 valence electrons. The number of carbonyl (C=O) groups is 1. The maximum absolute atomic E-state index is 14.1. The van der Waals surface area contributed by atoms with Gasteiger partial charge >= 0.3 is 6.18 Å². The lowest BCUT2D eigenvalue weighted by Gasteiger charge is -2.42. The number of halogens is 4. The highest BCUT2D eigenvalue weighted by Crippen LogP contribution is 2.36. The van der Waals surface area contributed by atoms with Crippen LogP contribution in [0, 0.1) is 5.82 Å². The van der Waals surface area contributed by atoms with Crippen molar-refractivity contribution in [3.05, 3.63) is 90.0 Å². The summed E-state index contributed by atoms with van der Waals surface area (Å²) in [5.74, 6) is 1.35. The number of benzene rings is 3.